The first-order valence-corrected chi connectivity index (χ1v) is 9.57. The van der Waals surface area contributed by atoms with E-state index in [0.717, 1.165) is 0 Å². The van der Waals surface area contributed by atoms with Crippen molar-refractivity contribution in [3.63, 3.8) is 0 Å². The van der Waals surface area contributed by atoms with Crippen LogP contribution in [0.2, 0.25) is 0 Å². The molecule has 0 spiro atoms. The molecule has 0 radical (unpaired) electrons. The molecule has 13 heteroatoms. The topological polar surface area (TPSA) is 208 Å². The summed E-state index contributed by atoms with van der Waals surface area (Å²) in [7, 11) is 0. The van der Waals surface area contributed by atoms with Crippen molar-refractivity contribution >= 4 is 5.91 Å². The van der Waals surface area contributed by atoms with Crippen LogP contribution in [0.4, 0.5) is 0 Å². The van der Waals surface area contributed by atoms with E-state index < -0.39 is 86.6 Å². The second-order valence-electron chi connectivity index (χ2n) is 7.42. The molecule has 0 saturated carbocycles. The standard InChI is InChI=1S/C17H31NO12/c1-6(21)5-27-16-10(18-7(2)22)12(24)15(9(4-20)29-16)30-17-14(26)13(25)11(23)8(3-19)28-17/h6,8-17,19-21,23-26H,3-5H2,1-2H3,(H,18,22)/t6-,8-,9-,10-,11-,12-,13+,14+,15-,16-,17+/m1/s1. The quantitative estimate of drug-likeness (QED) is 0.178. The maximum Gasteiger partial charge on any atom is 0.217 e. The summed E-state index contributed by atoms with van der Waals surface area (Å²) in [5.74, 6) is -0.526. The Morgan fingerprint density at radius 2 is 1.57 bits per heavy atom. The highest BCUT2D eigenvalue weighted by atomic mass is 16.7. The van der Waals surface area contributed by atoms with Crippen molar-refractivity contribution < 1.29 is 59.5 Å². The lowest BCUT2D eigenvalue weighted by atomic mass is 9.95. The Labute approximate surface area is 172 Å². The normalized spacial score (nSPS) is 43.2. The van der Waals surface area contributed by atoms with Crippen LogP contribution in [-0.2, 0) is 23.7 Å². The number of ether oxygens (including phenoxy) is 4. The molecule has 2 rings (SSSR count). The van der Waals surface area contributed by atoms with Gasteiger partial charge < -0.3 is 60.0 Å². The molecule has 2 heterocycles. The molecule has 0 aromatic heterocycles. The number of hydrogen-bond donors (Lipinski definition) is 8. The van der Waals surface area contributed by atoms with Gasteiger partial charge in [-0.25, -0.2) is 0 Å². The molecule has 1 amide bonds. The fourth-order valence-electron chi connectivity index (χ4n) is 3.33. The van der Waals surface area contributed by atoms with Crippen molar-refractivity contribution in [3.8, 4) is 0 Å². The maximum atomic E-state index is 11.6. The van der Waals surface area contributed by atoms with Crippen LogP contribution in [0.1, 0.15) is 13.8 Å². The Kier molecular flexibility index (Phi) is 9.32. The van der Waals surface area contributed by atoms with Crippen molar-refractivity contribution in [2.24, 2.45) is 0 Å². The molecule has 2 aliphatic heterocycles. The van der Waals surface area contributed by atoms with Crippen molar-refractivity contribution in [2.75, 3.05) is 19.8 Å². The summed E-state index contributed by atoms with van der Waals surface area (Å²) in [6.45, 7) is 1.15. The zero-order chi connectivity index (χ0) is 22.6. The van der Waals surface area contributed by atoms with E-state index in [1.54, 1.807) is 0 Å². The summed E-state index contributed by atoms with van der Waals surface area (Å²) in [5, 5.41) is 71.6. The van der Waals surface area contributed by atoms with Crippen molar-refractivity contribution in [2.45, 2.75) is 81.3 Å². The summed E-state index contributed by atoms with van der Waals surface area (Å²) in [4.78, 5) is 11.6. The minimum atomic E-state index is -1.74. The zero-order valence-corrected chi connectivity index (χ0v) is 16.6. The Hall–Kier alpha value is -0.970. The fourth-order valence-corrected chi connectivity index (χ4v) is 3.33. The van der Waals surface area contributed by atoms with E-state index in [4.69, 9.17) is 18.9 Å². The van der Waals surface area contributed by atoms with Gasteiger partial charge in [-0.15, -0.1) is 0 Å². The molecule has 11 atom stereocenters. The van der Waals surface area contributed by atoms with E-state index in [0.29, 0.717) is 0 Å². The third-order valence-corrected chi connectivity index (χ3v) is 4.86. The molecule has 176 valence electrons. The number of carbonyl (C=O) groups is 1. The van der Waals surface area contributed by atoms with Gasteiger partial charge in [0.15, 0.2) is 12.6 Å². The second-order valence-corrected chi connectivity index (χ2v) is 7.42. The van der Waals surface area contributed by atoms with Crippen molar-refractivity contribution in [1.82, 2.24) is 5.32 Å². The van der Waals surface area contributed by atoms with Crippen LogP contribution >= 0.6 is 0 Å². The molecule has 2 saturated heterocycles. The smallest absolute Gasteiger partial charge is 0.217 e. The fraction of sp³-hybridized carbons (Fsp3) is 0.941. The molecule has 30 heavy (non-hydrogen) atoms. The number of carbonyl (C=O) groups excluding carboxylic acids is 1. The van der Waals surface area contributed by atoms with Gasteiger partial charge in [-0.05, 0) is 6.92 Å². The van der Waals surface area contributed by atoms with Gasteiger partial charge >= 0.3 is 0 Å². The summed E-state index contributed by atoms with van der Waals surface area (Å²) in [5.41, 5.74) is 0. The van der Waals surface area contributed by atoms with Gasteiger partial charge in [0.2, 0.25) is 5.91 Å². The molecule has 0 aromatic rings. The lowest BCUT2D eigenvalue weighted by Crippen LogP contribution is -2.67. The van der Waals surface area contributed by atoms with Crippen LogP contribution < -0.4 is 5.32 Å². The SMILES string of the molecule is CC(=O)N[C@H]1[C@H](OC[C@@H](C)O)O[C@H](CO)[C@@H](O[C@@H]2O[C@H](CO)[C@@H](O)[C@H](O)[C@@H]2O)[C@@H]1O. The number of aliphatic hydroxyl groups excluding tert-OH is 7. The Morgan fingerprint density at radius 3 is 2.10 bits per heavy atom. The molecule has 0 unspecified atom stereocenters. The second kappa shape index (κ2) is 11.1. The largest absolute Gasteiger partial charge is 0.394 e. The highest BCUT2D eigenvalue weighted by Crippen LogP contribution is 2.29. The van der Waals surface area contributed by atoms with E-state index in [-0.39, 0.29) is 6.61 Å². The predicted octanol–water partition coefficient (Wildman–Crippen LogP) is -4.85. The van der Waals surface area contributed by atoms with Gasteiger partial charge in [-0.3, -0.25) is 4.79 Å². The van der Waals surface area contributed by atoms with E-state index in [1.807, 2.05) is 0 Å². The van der Waals surface area contributed by atoms with Gasteiger partial charge in [0.25, 0.3) is 0 Å². The third-order valence-electron chi connectivity index (χ3n) is 4.86. The van der Waals surface area contributed by atoms with Crippen LogP contribution in [0.3, 0.4) is 0 Å². The van der Waals surface area contributed by atoms with Gasteiger partial charge in [-0.1, -0.05) is 0 Å². The zero-order valence-electron chi connectivity index (χ0n) is 16.6. The minimum Gasteiger partial charge on any atom is -0.394 e. The van der Waals surface area contributed by atoms with E-state index in [1.165, 1.54) is 13.8 Å². The van der Waals surface area contributed by atoms with Crippen LogP contribution in [0.5, 0.6) is 0 Å². The first kappa shape index (κ1) is 25.3. The summed E-state index contributed by atoms with van der Waals surface area (Å²) >= 11 is 0. The highest BCUT2D eigenvalue weighted by molar-refractivity contribution is 5.73. The molecule has 8 N–H and O–H groups in total. The maximum absolute atomic E-state index is 11.6. The van der Waals surface area contributed by atoms with Gasteiger partial charge in [0.05, 0.1) is 25.9 Å². The minimum absolute atomic E-state index is 0.177. The molecule has 0 aromatic carbocycles. The van der Waals surface area contributed by atoms with Crippen molar-refractivity contribution in [1.29, 1.82) is 0 Å². The Morgan fingerprint density at radius 1 is 0.967 bits per heavy atom. The van der Waals surface area contributed by atoms with E-state index in [2.05, 4.69) is 5.32 Å². The number of rotatable bonds is 8. The predicted molar refractivity (Wildman–Crippen MR) is 95.6 cm³/mol. The molecular weight excluding hydrogens is 410 g/mol. The molecule has 0 bridgehead atoms. The van der Waals surface area contributed by atoms with Crippen molar-refractivity contribution in [3.05, 3.63) is 0 Å². The van der Waals surface area contributed by atoms with Gasteiger partial charge in [0, 0.05) is 6.92 Å². The van der Waals surface area contributed by atoms with Gasteiger partial charge in [0.1, 0.15) is 48.8 Å². The first-order valence-electron chi connectivity index (χ1n) is 9.57. The molecule has 2 aliphatic rings. The van der Waals surface area contributed by atoms with Crippen LogP contribution in [0.15, 0.2) is 0 Å². The molecule has 0 aliphatic carbocycles. The first-order chi connectivity index (χ1) is 14.1. The van der Waals surface area contributed by atoms with Crippen LogP contribution in [-0.4, -0.2) is 129 Å². The number of aliphatic hydroxyl groups is 7. The summed E-state index contributed by atoms with van der Waals surface area (Å²) in [6, 6.07) is -1.17. The highest BCUT2D eigenvalue weighted by Gasteiger charge is 2.51. The molecular formula is C17H31NO12. The van der Waals surface area contributed by atoms with Gasteiger partial charge in [-0.2, -0.15) is 0 Å². The Balaban J connectivity index is 2.20. The van der Waals surface area contributed by atoms with Crippen LogP contribution in [0.25, 0.3) is 0 Å². The van der Waals surface area contributed by atoms with E-state index >= 15 is 0 Å². The summed E-state index contributed by atoms with van der Waals surface area (Å²) in [6.07, 6.45) is -14.0. The van der Waals surface area contributed by atoms with Crippen LogP contribution in [0, 0.1) is 0 Å². The summed E-state index contributed by atoms with van der Waals surface area (Å²) < 4.78 is 21.8. The monoisotopic (exact) mass is 441 g/mol. The third kappa shape index (κ3) is 5.83. The number of amides is 1. The number of nitrogens with one attached hydrogen (secondary N) is 1. The lowest BCUT2D eigenvalue weighted by Gasteiger charge is -2.47. The van der Waals surface area contributed by atoms with E-state index in [9.17, 15) is 40.5 Å². The lowest BCUT2D eigenvalue weighted by molar-refractivity contribution is -0.349. The molecule has 13 nitrogen and oxygen atoms in total. The molecule has 2 fully saturated rings. The average Bonchev–Trinajstić information content (AvgIpc) is 2.69. The average molecular weight is 441 g/mol. The Bertz CT molecular complexity index is 549. The number of hydrogen-bond acceptors (Lipinski definition) is 12.